The molecule has 0 atom stereocenters. The number of hydrogen-bond donors (Lipinski definition) is 1. The lowest BCUT2D eigenvalue weighted by Gasteiger charge is -2.14. The molecule has 0 unspecified atom stereocenters. The van der Waals surface area contributed by atoms with Gasteiger partial charge in [0.2, 0.25) is 0 Å². The molecule has 0 fully saturated rings. The summed E-state index contributed by atoms with van der Waals surface area (Å²) in [5, 5.41) is 3.91. The first kappa shape index (κ1) is 22.2. The number of rotatable bonds is 6. The number of nitrogens with zero attached hydrogens (tertiary/aromatic N) is 1. The minimum atomic E-state index is -0.200. The third-order valence-electron chi connectivity index (χ3n) is 5.90. The van der Waals surface area contributed by atoms with E-state index in [0.29, 0.717) is 22.8 Å². The van der Waals surface area contributed by atoms with E-state index in [1.54, 1.807) is 14.2 Å². The topological polar surface area (TPSA) is 60.5 Å². The van der Waals surface area contributed by atoms with Crippen LogP contribution in [-0.2, 0) is 0 Å². The number of hydrogen-bond acceptors (Lipinski definition) is 4. The van der Waals surface area contributed by atoms with Crippen molar-refractivity contribution in [2.75, 3.05) is 19.5 Å². The van der Waals surface area contributed by atoms with Crippen molar-refractivity contribution in [2.45, 2.75) is 0 Å². The van der Waals surface area contributed by atoms with Crippen molar-refractivity contribution in [3.8, 4) is 33.9 Å². The summed E-state index contributed by atoms with van der Waals surface area (Å²) in [5.41, 5.74) is 5.52. The van der Waals surface area contributed by atoms with Gasteiger partial charge in [0.25, 0.3) is 5.91 Å². The summed E-state index contributed by atoms with van der Waals surface area (Å²) < 4.78 is 10.8. The quantitative estimate of drug-likeness (QED) is 0.301. The van der Waals surface area contributed by atoms with Gasteiger partial charge < -0.3 is 14.8 Å². The zero-order chi connectivity index (χ0) is 24.2. The molecule has 35 heavy (non-hydrogen) atoms. The molecule has 0 saturated heterocycles. The van der Waals surface area contributed by atoms with E-state index in [4.69, 9.17) is 14.5 Å². The molecule has 0 aliphatic carbocycles. The number of methoxy groups -OCH3 is 2. The molecule has 0 saturated carbocycles. The third kappa shape index (κ3) is 4.44. The molecule has 0 spiro atoms. The van der Waals surface area contributed by atoms with Gasteiger partial charge in [-0.25, -0.2) is 4.98 Å². The first-order valence-electron chi connectivity index (χ1n) is 11.3. The highest BCUT2D eigenvalue weighted by Crippen LogP contribution is 2.34. The number of ether oxygens (including phenoxy) is 2. The summed E-state index contributed by atoms with van der Waals surface area (Å²) >= 11 is 0. The van der Waals surface area contributed by atoms with Gasteiger partial charge in [-0.1, -0.05) is 66.7 Å². The number of amides is 1. The summed E-state index contributed by atoms with van der Waals surface area (Å²) in [6.07, 6.45) is 0. The molecule has 1 N–H and O–H groups in total. The Balaban J connectivity index is 1.58. The highest BCUT2D eigenvalue weighted by molar-refractivity contribution is 6.14. The van der Waals surface area contributed by atoms with E-state index >= 15 is 0 Å². The molecular formula is C30H24N2O3. The van der Waals surface area contributed by atoms with Crippen LogP contribution in [0.4, 0.5) is 5.69 Å². The highest BCUT2D eigenvalue weighted by Gasteiger charge is 2.17. The fourth-order valence-electron chi connectivity index (χ4n) is 4.16. The second-order valence-electron chi connectivity index (χ2n) is 8.01. The van der Waals surface area contributed by atoms with Crippen LogP contribution in [0.5, 0.6) is 11.5 Å². The predicted octanol–water partition coefficient (Wildman–Crippen LogP) is 6.84. The number of aromatic nitrogens is 1. The molecule has 0 bridgehead atoms. The monoisotopic (exact) mass is 460 g/mol. The van der Waals surface area contributed by atoms with Crippen LogP contribution < -0.4 is 14.8 Å². The minimum absolute atomic E-state index is 0.200. The second-order valence-corrected chi connectivity index (χ2v) is 8.01. The average Bonchev–Trinajstić information content (AvgIpc) is 2.92. The second kappa shape index (κ2) is 9.69. The maximum atomic E-state index is 13.6. The summed E-state index contributed by atoms with van der Waals surface area (Å²) in [6.45, 7) is 0. The summed E-state index contributed by atoms with van der Waals surface area (Å²) in [4.78, 5) is 18.5. The molecule has 5 aromatic rings. The fraction of sp³-hybridized carbons (Fsp3) is 0.0667. The van der Waals surface area contributed by atoms with Gasteiger partial charge in [0, 0.05) is 22.2 Å². The van der Waals surface area contributed by atoms with Crippen LogP contribution in [0.25, 0.3) is 33.3 Å². The summed E-state index contributed by atoms with van der Waals surface area (Å²) in [7, 11) is 3.19. The van der Waals surface area contributed by atoms with Gasteiger partial charge in [0.1, 0.15) is 0 Å². The smallest absolute Gasteiger partial charge is 0.256 e. The van der Waals surface area contributed by atoms with Crippen LogP contribution in [0.15, 0.2) is 103 Å². The van der Waals surface area contributed by atoms with Crippen molar-refractivity contribution in [1.82, 2.24) is 4.98 Å². The van der Waals surface area contributed by atoms with Gasteiger partial charge >= 0.3 is 0 Å². The number of fused-ring (bicyclic) bond motifs is 1. The maximum Gasteiger partial charge on any atom is 0.256 e. The lowest BCUT2D eigenvalue weighted by Crippen LogP contribution is -2.14. The van der Waals surface area contributed by atoms with E-state index in [0.717, 1.165) is 33.3 Å². The Bertz CT molecular complexity index is 1510. The Labute approximate surface area is 204 Å². The Morgan fingerprint density at radius 3 is 2.23 bits per heavy atom. The van der Waals surface area contributed by atoms with Crippen LogP contribution in [0.3, 0.4) is 0 Å². The number of pyridine rings is 1. The van der Waals surface area contributed by atoms with E-state index in [2.05, 4.69) is 5.32 Å². The van der Waals surface area contributed by atoms with Gasteiger partial charge in [-0.05, 0) is 42.0 Å². The first-order valence-corrected chi connectivity index (χ1v) is 11.3. The van der Waals surface area contributed by atoms with Gasteiger partial charge in [-0.2, -0.15) is 0 Å². The highest BCUT2D eigenvalue weighted by atomic mass is 16.5. The molecule has 1 aromatic heterocycles. The number of benzene rings is 4. The predicted molar refractivity (Wildman–Crippen MR) is 140 cm³/mol. The van der Waals surface area contributed by atoms with Crippen LogP contribution in [0.2, 0.25) is 0 Å². The standard InChI is InChI=1S/C30H24N2O3/c1-34-28-17-16-21(18-29(28)35-2)27-19-24(23-13-7-9-15-26(23)31-27)30(33)32-25-14-8-6-12-22(25)20-10-4-3-5-11-20/h3-19H,1-2H3,(H,32,33). The molecule has 1 heterocycles. The molecule has 0 aliphatic rings. The number of carbonyl (C=O) groups excluding carboxylic acids is 1. The lowest BCUT2D eigenvalue weighted by molar-refractivity contribution is 0.102. The van der Waals surface area contributed by atoms with E-state index < -0.39 is 0 Å². The van der Waals surface area contributed by atoms with Crippen molar-refractivity contribution < 1.29 is 14.3 Å². The Morgan fingerprint density at radius 2 is 1.43 bits per heavy atom. The molecule has 0 radical (unpaired) electrons. The zero-order valence-electron chi connectivity index (χ0n) is 19.5. The van der Waals surface area contributed by atoms with Crippen LogP contribution >= 0.6 is 0 Å². The largest absolute Gasteiger partial charge is 0.493 e. The number of carbonyl (C=O) groups is 1. The van der Waals surface area contributed by atoms with Crippen LogP contribution in [-0.4, -0.2) is 25.1 Å². The Kier molecular flexibility index (Phi) is 6.14. The Hall–Kier alpha value is -4.64. The molecule has 172 valence electrons. The molecular weight excluding hydrogens is 436 g/mol. The average molecular weight is 461 g/mol. The SMILES string of the molecule is COc1ccc(-c2cc(C(=O)Nc3ccccc3-c3ccccc3)c3ccccc3n2)cc1OC. The number of nitrogens with one attached hydrogen (secondary N) is 1. The first-order chi connectivity index (χ1) is 17.2. The van der Waals surface area contributed by atoms with Crippen LogP contribution in [0, 0.1) is 0 Å². The maximum absolute atomic E-state index is 13.6. The molecule has 5 nitrogen and oxygen atoms in total. The lowest BCUT2D eigenvalue weighted by atomic mass is 10.0. The number of para-hydroxylation sites is 2. The fourth-order valence-corrected chi connectivity index (χ4v) is 4.16. The van der Waals surface area contributed by atoms with Crippen LogP contribution in [0.1, 0.15) is 10.4 Å². The molecule has 1 amide bonds. The van der Waals surface area contributed by atoms with Gasteiger partial charge in [-0.15, -0.1) is 0 Å². The van der Waals surface area contributed by atoms with E-state index in [9.17, 15) is 4.79 Å². The van der Waals surface area contributed by atoms with Crippen molar-refractivity contribution in [1.29, 1.82) is 0 Å². The molecule has 0 aliphatic heterocycles. The summed E-state index contributed by atoms with van der Waals surface area (Å²) in [6, 6.07) is 32.9. The summed E-state index contributed by atoms with van der Waals surface area (Å²) in [5.74, 6) is 1.03. The molecule has 5 rings (SSSR count). The third-order valence-corrected chi connectivity index (χ3v) is 5.90. The van der Waals surface area contributed by atoms with Gasteiger partial charge in [0.05, 0.1) is 31.0 Å². The minimum Gasteiger partial charge on any atom is -0.493 e. The van der Waals surface area contributed by atoms with Crippen molar-refractivity contribution >= 4 is 22.5 Å². The normalized spacial score (nSPS) is 10.7. The Morgan fingerprint density at radius 1 is 0.714 bits per heavy atom. The van der Waals surface area contributed by atoms with E-state index in [1.807, 2.05) is 103 Å². The number of anilines is 1. The van der Waals surface area contributed by atoms with Crippen molar-refractivity contribution in [3.63, 3.8) is 0 Å². The zero-order valence-corrected chi connectivity index (χ0v) is 19.5. The molecule has 5 heteroatoms. The van der Waals surface area contributed by atoms with E-state index in [-0.39, 0.29) is 5.91 Å². The molecule has 4 aromatic carbocycles. The van der Waals surface area contributed by atoms with Gasteiger partial charge in [-0.3, -0.25) is 4.79 Å². The van der Waals surface area contributed by atoms with Crippen molar-refractivity contribution in [2.24, 2.45) is 0 Å². The van der Waals surface area contributed by atoms with E-state index in [1.165, 1.54) is 0 Å². The van der Waals surface area contributed by atoms with Gasteiger partial charge in [0.15, 0.2) is 11.5 Å². The van der Waals surface area contributed by atoms with Crippen molar-refractivity contribution in [3.05, 3.63) is 109 Å².